The van der Waals surface area contributed by atoms with Crippen molar-refractivity contribution in [2.24, 2.45) is 0 Å². The van der Waals surface area contributed by atoms with E-state index in [2.05, 4.69) is 97.7 Å². The number of benzene rings is 5. The molecule has 0 spiro atoms. The fourth-order valence-corrected chi connectivity index (χ4v) is 6.25. The molecule has 49 heavy (non-hydrogen) atoms. The maximum atomic E-state index is 6.52. The molecule has 5 aromatic carbocycles. The molecule has 4 aromatic heterocycles. The van der Waals surface area contributed by atoms with Gasteiger partial charge in [0.1, 0.15) is 11.1 Å². The van der Waals surface area contributed by atoms with E-state index >= 15 is 0 Å². The van der Waals surface area contributed by atoms with Gasteiger partial charge in [0.15, 0.2) is 0 Å². The molecule has 9 rings (SSSR count). The van der Waals surface area contributed by atoms with E-state index in [9.17, 15) is 0 Å². The van der Waals surface area contributed by atoms with Crippen LogP contribution in [0.15, 0.2) is 138 Å². The number of aryl methyl sites for hydroxylation is 3. The van der Waals surface area contributed by atoms with Gasteiger partial charge in [0.05, 0.1) is 5.58 Å². The SMILES string of the molecule is Cc1ccc2cc(-c3cc(-c4[c-]ccc5c4oc4c5ccc5ccc(C)nc54)ncc3C)ccc2c1.[Ir].[c-]1ccccc1-c1ccccn1. The molecule has 0 fully saturated rings. The molecule has 0 bridgehead atoms. The van der Waals surface area contributed by atoms with E-state index in [0.29, 0.717) is 0 Å². The van der Waals surface area contributed by atoms with Crippen molar-refractivity contribution in [3.05, 3.63) is 163 Å². The number of fused-ring (bicyclic) bond motifs is 6. The first-order valence-corrected chi connectivity index (χ1v) is 16.0. The quantitative estimate of drug-likeness (QED) is 0.167. The summed E-state index contributed by atoms with van der Waals surface area (Å²) >= 11 is 0. The predicted molar refractivity (Wildman–Crippen MR) is 197 cm³/mol. The van der Waals surface area contributed by atoms with Gasteiger partial charge in [-0.1, -0.05) is 83.2 Å². The summed E-state index contributed by atoms with van der Waals surface area (Å²) < 4.78 is 6.52. The molecule has 0 aliphatic rings. The number of pyridine rings is 3. The summed E-state index contributed by atoms with van der Waals surface area (Å²) in [5.74, 6) is 0. The van der Waals surface area contributed by atoms with Gasteiger partial charge < -0.3 is 14.4 Å². The Bertz CT molecular complexity index is 2560. The summed E-state index contributed by atoms with van der Waals surface area (Å²) in [6.07, 6.45) is 3.73. The van der Waals surface area contributed by atoms with Gasteiger partial charge in [0, 0.05) is 49.0 Å². The van der Waals surface area contributed by atoms with Crippen LogP contribution in [0, 0.1) is 32.9 Å². The van der Waals surface area contributed by atoms with Crippen molar-refractivity contribution in [1.82, 2.24) is 15.0 Å². The molecule has 0 unspecified atom stereocenters. The Kier molecular flexibility index (Phi) is 8.88. The van der Waals surface area contributed by atoms with E-state index in [1.165, 1.54) is 21.9 Å². The van der Waals surface area contributed by atoms with Crippen LogP contribution in [0.4, 0.5) is 0 Å². The summed E-state index contributed by atoms with van der Waals surface area (Å²) in [4.78, 5) is 13.8. The molecule has 5 heteroatoms. The summed E-state index contributed by atoms with van der Waals surface area (Å²) in [7, 11) is 0. The molecule has 4 heterocycles. The number of hydrogen-bond donors (Lipinski definition) is 0. The molecule has 0 atom stereocenters. The van der Waals surface area contributed by atoms with Crippen LogP contribution in [0.3, 0.4) is 0 Å². The van der Waals surface area contributed by atoms with Crippen molar-refractivity contribution in [3.63, 3.8) is 0 Å². The van der Waals surface area contributed by atoms with Crippen molar-refractivity contribution in [2.75, 3.05) is 0 Å². The van der Waals surface area contributed by atoms with Gasteiger partial charge in [-0.05, 0) is 77.8 Å². The Morgan fingerprint density at radius 2 is 1.41 bits per heavy atom. The third kappa shape index (κ3) is 6.27. The molecule has 9 aromatic rings. The average molecular weight is 810 g/mol. The Balaban J connectivity index is 0.000000246. The van der Waals surface area contributed by atoms with Crippen LogP contribution in [-0.4, -0.2) is 15.0 Å². The van der Waals surface area contributed by atoms with E-state index in [4.69, 9.17) is 14.4 Å². The second-order valence-corrected chi connectivity index (χ2v) is 12.1. The van der Waals surface area contributed by atoms with Crippen molar-refractivity contribution in [1.29, 1.82) is 0 Å². The van der Waals surface area contributed by atoms with E-state index in [-0.39, 0.29) is 20.1 Å². The zero-order valence-electron chi connectivity index (χ0n) is 27.3. The Hall–Kier alpha value is -5.48. The summed E-state index contributed by atoms with van der Waals surface area (Å²) in [5, 5.41) is 5.66. The van der Waals surface area contributed by atoms with E-state index in [1.54, 1.807) is 6.20 Å². The summed E-state index contributed by atoms with van der Waals surface area (Å²) in [6, 6.07) is 48.0. The molecule has 239 valence electrons. The zero-order valence-corrected chi connectivity index (χ0v) is 29.7. The van der Waals surface area contributed by atoms with Crippen LogP contribution < -0.4 is 0 Å². The Labute approximate surface area is 298 Å². The topological polar surface area (TPSA) is 51.8 Å². The largest absolute Gasteiger partial charge is 0.498 e. The maximum Gasteiger partial charge on any atom is 0.147 e. The molecule has 1 radical (unpaired) electrons. The fourth-order valence-electron chi connectivity index (χ4n) is 6.25. The predicted octanol–water partition coefficient (Wildman–Crippen LogP) is 11.3. The minimum absolute atomic E-state index is 0. The normalized spacial score (nSPS) is 11.0. The van der Waals surface area contributed by atoms with Crippen molar-refractivity contribution >= 4 is 43.6 Å². The Morgan fingerprint density at radius 1 is 0.612 bits per heavy atom. The van der Waals surface area contributed by atoms with Crippen molar-refractivity contribution < 1.29 is 24.5 Å². The average Bonchev–Trinajstić information content (AvgIpc) is 3.52. The standard InChI is InChI=1S/C33H23N2O.C11H8N.Ir/c1-19-7-9-24-16-25(12-11-23(24)15-19)29-17-30(34-18-20(29)2)28-6-4-5-26-27-14-13-22-10-8-21(3)35-31(22)33(27)36-32(26)28;1-2-6-10(7-3-1)11-8-4-5-9-12-11;/h4-5,7-18H,1-3H3;1-6,8-9H;/q2*-1;. The van der Waals surface area contributed by atoms with Crippen LogP contribution in [0.1, 0.15) is 16.8 Å². The summed E-state index contributed by atoms with van der Waals surface area (Å²) in [6.45, 7) is 6.24. The number of furan rings is 1. The Morgan fingerprint density at radius 3 is 2.24 bits per heavy atom. The molecular formula is C44H31IrN3O-2. The maximum absolute atomic E-state index is 6.52. The molecule has 0 N–H and O–H groups in total. The van der Waals surface area contributed by atoms with Gasteiger partial charge in [-0.25, -0.2) is 4.98 Å². The van der Waals surface area contributed by atoms with Gasteiger partial charge in [0.2, 0.25) is 0 Å². The second kappa shape index (κ2) is 13.6. The molecular weight excluding hydrogens is 779 g/mol. The van der Waals surface area contributed by atoms with Crippen LogP contribution in [0.5, 0.6) is 0 Å². The number of rotatable bonds is 3. The van der Waals surface area contributed by atoms with Gasteiger partial charge in [-0.2, -0.15) is 0 Å². The number of nitrogens with zero attached hydrogens (tertiary/aromatic N) is 3. The zero-order chi connectivity index (χ0) is 32.6. The van der Waals surface area contributed by atoms with Crippen molar-refractivity contribution in [2.45, 2.75) is 20.8 Å². The first-order chi connectivity index (χ1) is 23.5. The first kappa shape index (κ1) is 32.1. The fraction of sp³-hybridized carbons (Fsp3) is 0.0682. The number of aromatic nitrogens is 3. The molecule has 0 saturated carbocycles. The molecule has 0 aliphatic carbocycles. The van der Waals surface area contributed by atoms with Crippen molar-refractivity contribution in [3.8, 4) is 33.6 Å². The van der Waals surface area contributed by atoms with Crippen LogP contribution >= 0.6 is 0 Å². The first-order valence-electron chi connectivity index (χ1n) is 16.0. The minimum Gasteiger partial charge on any atom is -0.498 e. The molecule has 0 aliphatic heterocycles. The van der Waals surface area contributed by atoms with Gasteiger partial charge in [-0.3, -0.25) is 0 Å². The van der Waals surface area contributed by atoms with Gasteiger partial charge >= 0.3 is 0 Å². The van der Waals surface area contributed by atoms with E-state index in [1.807, 2.05) is 67.7 Å². The van der Waals surface area contributed by atoms with Crippen LogP contribution in [0.2, 0.25) is 0 Å². The molecule has 0 amide bonds. The molecule has 4 nitrogen and oxygen atoms in total. The van der Waals surface area contributed by atoms with E-state index < -0.39 is 0 Å². The third-order valence-electron chi connectivity index (χ3n) is 8.71. The minimum atomic E-state index is 0. The third-order valence-corrected chi connectivity index (χ3v) is 8.71. The smallest absolute Gasteiger partial charge is 0.147 e. The second-order valence-electron chi connectivity index (χ2n) is 12.1. The van der Waals surface area contributed by atoms with Gasteiger partial charge in [0.25, 0.3) is 0 Å². The monoisotopic (exact) mass is 810 g/mol. The van der Waals surface area contributed by atoms with Gasteiger partial charge in [-0.15, -0.1) is 54.1 Å². The van der Waals surface area contributed by atoms with E-state index in [0.717, 1.165) is 72.2 Å². The number of hydrogen-bond acceptors (Lipinski definition) is 4. The van der Waals surface area contributed by atoms with Crippen LogP contribution in [-0.2, 0) is 20.1 Å². The molecule has 0 saturated heterocycles. The summed E-state index contributed by atoms with van der Waals surface area (Å²) in [5.41, 5.74) is 11.9. The van der Waals surface area contributed by atoms with Crippen LogP contribution in [0.25, 0.3) is 77.3 Å².